The molecule has 0 radical (unpaired) electrons. The number of aromatic hydroxyl groups is 1. The van der Waals surface area contributed by atoms with E-state index in [0.29, 0.717) is 12.0 Å². The van der Waals surface area contributed by atoms with Gasteiger partial charge >= 0.3 is 18.9 Å². The van der Waals surface area contributed by atoms with E-state index < -0.39 is 5.97 Å². The average Bonchev–Trinajstić information content (AvgIpc) is 2.03. The van der Waals surface area contributed by atoms with E-state index in [1.807, 2.05) is 0 Å². The molecule has 0 bridgehead atoms. The topological polar surface area (TPSA) is 60.4 Å². The van der Waals surface area contributed by atoms with Gasteiger partial charge in [0.05, 0.1) is 0 Å². The fourth-order valence-electron chi connectivity index (χ4n) is 0.959. The molecular weight excluding hydrogens is 163 g/mol. The molecule has 0 atom stereocenters. The van der Waals surface area contributed by atoms with Crippen LogP contribution in [-0.2, 0) is 11.2 Å². The molecule has 0 saturated carbocycles. The summed E-state index contributed by atoms with van der Waals surface area (Å²) in [6, 6.07) is 6.67. The summed E-state index contributed by atoms with van der Waals surface area (Å²) in [5, 5.41) is 19.3. The Balaban J connectivity index is 0.00000144. The third-order valence-corrected chi connectivity index (χ3v) is 1.59. The number of carbonyl (C=O) groups is 1. The van der Waals surface area contributed by atoms with Gasteiger partial charge in [0, 0.05) is 5.97 Å². The number of rotatable bonds is 3. The Kier molecular flexibility index (Phi) is 5.29. The number of phenolic OH excluding ortho intramolecular Hbond substituents is 1. The minimum Gasteiger partial charge on any atom is -0.550 e. The van der Waals surface area contributed by atoms with Crippen LogP contribution >= 0.6 is 0 Å². The number of aryl methyl sites for hydroxylation is 1. The third-order valence-electron chi connectivity index (χ3n) is 1.59. The minimum absolute atomic E-state index is 0. The number of aliphatic carboxylic acids is 1. The van der Waals surface area contributed by atoms with Gasteiger partial charge in [0.15, 0.2) is 0 Å². The number of benzene rings is 1. The van der Waals surface area contributed by atoms with Crippen LogP contribution in [0.25, 0.3) is 0 Å². The fraction of sp³-hybridized carbons (Fsp3) is 0.222. The van der Waals surface area contributed by atoms with Crippen molar-refractivity contribution in [3.05, 3.63) is 29.8 Å². The standard InChI is InChI=1S/C9H10O3.Li/c10-8-4-2-1-3-7(8)5-6-9(11)12;/h1-4,10H,5-6H2,(H,11,12);/q;+1/p-1. The van der Waals surface area contributed by atoms with Gasteiger partial charge in [-0.15, -0.1) is 0 Å². The predicted molar refractivity (Wildman–Crippen MR) is 41.4 cm³/mol. The van der Waals surface area contributed by atoms with Crippen LogP contribution in [0.4, 0.5) is 0 Å². The van der Waals surface area contributed by atoms with Gasteiger partial charge < -0.3 is 15.0 Å². The Morgan fingerprint density at radius 2 is 2.00 bits per heavy atom. The first-order chi connectivity index (χ1) is 5.70. The number of hydrogen-bond donors (Lipinski definition) is 1. The number of carboxylic acids is 1. The van der Waals surface area contributed by atoms with Crippen LogP contribution in [0.2, 0.25) is 0 Å². The van der Waals surface area contributed by atoms with Crippen LogP contribution in [-0.4, -0.2) is 11.1 Å². The summed E-state index contributed by atoms with van der Waals surface area (Å²) in [7, 11) is 0. The van der Waals surface area contributed by atoms with E-state index >= 15 is 0 Å². The van der Waals surface area contributed by atoms with Crippen molar-refractivity contribution < 1.29 is 33.9 Å². The van der Waals surface area contributed by atoms with Crippen LogP contribution in [0.5, 0.6) is 5.75 Å². The molecule has 1 rings (SSSR count). The van der Waals surface area contributed by atoms with E-state index in [2.05, 4.69) is 0 Å². The maximum absolute atomic E-state index is 10.1. The molecule has 0 aliphatic carbocycles. The molecule has 0 unspecified atom stereocenters. The predicted octanol–water partition coefficient (Wildman–Crippen LogP) is -2.92. The van der Waals surface area contributed by atoms with Crippen molar-refractivity contribution in [2.75, 3.05) is 0 Å². The number of phenols is 1. The Hall–Kier alpha value is -0.913. The zero-order valence-corrected chi connectivity index (χ0v) is 7.49. The van der Waals surface area contributed by atoms with Gasteiger partial charge in [-0.25, -0.2) is 0 Å². The van der Waals surface area contributed by atoms with Crippen LogP contribution in [0, 0.1) is 0 Å². The number of carbonyl (C=O) groups excluding carboxylic acids is 1. The molecule has 0 saturated heterocycles. The Morgan fingerprint density at radius 3 is 2.54 bits per heavy atom. The Labute approximate surface area is 88.6 Å². The van der Waals surface area contributed by atoms with Crippen LogP contribution in [0.3, 0.4) is 0 Å². The van der Waals surface area contributed by atoms with Crippen molar-refractivity contribution in [2.24, 2.45) is 0 Å². The normalized spacial score (nSPS) is 8.92. The monoisotopic (exact) mass is 172 g/mol. The molecular formula is C9H9LiO3. The van der Waals surface area contributed by atoms with Crippen LogP contribution < -0.4 is 24.0 Å². The SMILES string of the molecule is O=C([O-])CCc1ccccc1O.[Li+]. The summed E-state index contributed by atoms with van der Waals surface area (Å²) in [4.78, 5) is 10.1. The fourth-order valence-corrected chi connectivity index (χ4v) is 0.959. The van der Waals surface area contributed by atoms with Crippen molar-refractivity contribution in [3.8, 4) is 5.75 Å². The van der Waals surface area contributed by atoms with Crippen LogP contribution in [0.15, 0.2) is 24.3 Å². The first kappa shape index (κ1) is 12.1. The number of hydrogen-bond acceptors (Lipinski definition) is 3. The van der Waals surface area contributed by atoms with Crippen molar-refractivity contribution in [1.82, 2.24) is 0 Å². The quantitative estimate of drug-likeness (QED) is 0.497. The summed E-state index contributed by atoms with van der Waals surface area (Å²) in [5.74, 6) is -0.961. The molecule has 0 spiro atoms. The molecule has 1 aromatic rings. The van der Waals surface area contributed by atoms with Gasteiger partial charge in [-0.2, -0.15) is 0 Å². The second-order valence-corrected chi connectivity index (χ2v) is 2.50. The van der Waals surface area contributed by atoms with Gasteiger partial charge in [0.2, 0.25) is 0 Å². The molecule has 0 fully saturated rings. The molecule has 0 amide bonds. The minimum atomic E-state index is -1.10. The van der Waals surface area contributed by atoms with Crippen molar-refractivity contribution in [1.29, 1.82) is 0 Å². The van der Waals surface area contributed by atoms with Crippen molar-refractivity contribution >= 4 is 5.97 Å². The number of para-hydroxylation sites is 1. The van der Waals surface area contributed by atoms with E-state index in [-0.39, 0.29) is 31.0 Å². The summed E-state index contributed by atoms with van der Waals surface area (Å²) in [5.41, 5.74) is 0.640. The van der Waals surface area contributed by atoms with E-state index in [0.717, 1.165) is 0 Å². The maximum Gasteiger partial charge on any atom is 1.00 e. The largest absolute Gasteiger partial charge is 1.00 e. The van der Waals surface area contributed by atoms with Gasteiger partial charge in [-0.05, 0) is 24.5 Å². The molecule has 4 heteroatoms. The second-order valence-electron chi connectivity index (χ2n) is 2.50. The van der Waals surface area contributed by atoms with Gasteiger partial charge in [-0.3, -0.25) is 0 Å². The van der Waals surface area contributed by atoms with Crippen molar-refractivity contribution in [2.45, 2.75) is 12.8 Å². The molecule has 1 aromatic carbocycles. The maximum atomic E-state index is 10.1. The molecule has 13 heavy (non-hydrogen) atoms. The summed E-state index contributed by atoms with van der Waals surface area (Å²) >= 11 is 0. The van der Waals surface area contributed by atoms with E-state index in [1.165, 1.54) is 6.07 Å². The van der Waals surface area contributed by atoms with E-state index in [4.69, 9.17) is 0 Å². The molecule has 0 aliphatic heterocycles. The van der Waals surface area contributed by atoms with E-state index in [9.17, 15) is 15.0 Å². The summed E-state index contributed by atoms with van der Waals surface area (Å²) in [6.07, 6.45) is 0.257. The average molecular weight is 172 g/mol. The van der Waals surface area contributed by atoms with Crippen LogP contribution in [0.1, 0.15) is 12.0 Å². The molecule has 0 aliphatic rings. The zero-order valence-electron chi connectivity index (χ0n) is 7.49. The number of carboxylic acid groups (broad SMARTS) is 1. The molecule has 64 valence electrons. The second kappa shape index (κ2) is 5.68. The molecule has 1 N–H and O–H groups in total. The molecule has 0 aromatic heterocycles. The third kappa shape index (κ3) is 4.02. The van der Waals surface area contributed by atoms with Gasteiger partial charge in [0.25, 0.3) is 0 Å². The molecule has 0 heterocycles. The van der Waals surface area contributed by atoms with Gasteiger partial charge in [-0.1, -0.05) is 18.2 Å². The van der Waals surface area contributed by atoms with Gasteiger partial charge in [0.1, 0.15) is 5.75 Å². The summed E-state index contributed by atoms with van der Waals surface area (Å²) < 4.78 is 0. The zero-order chi connectivity index (χ0) is 8.97. The Morgan fingerprint density at radius 1 is 1.38 bits per heavy atom. The first-order valence-electron chi connectivity index (χ1n) is 3.67. The smallest absolute Gasteiger partial charge is 0.550 e. The summed E-state index contributed by atoms with van der Waals surface area (Å²) in [6.45, 7) is 0. The van der Waals surface area contributed by atoms with Crippen molar-refractivity contribution in [3.63, 3.8) is 0 Å². The molecule has 3 nitrogen and oxygen atoms in total. The van der Waals surface area contributed by atoms with E-state index in [1.54, 1.807) is 18.2 Å². The first-order valence-corrected chi connectivity index (χ1v) is 3.67. The Bertz CT molecular complexity index is 286.